The highest BCUT2D eigenvalue weighted by atomic mass is 32.2. The van der Waals surface area contributed by atoms with Gasteiger partial charge in [0, 0.05) is 39.3 Å². The molecule has 0 spiro atoms. The van der Waals surface area contributed by atoms with Gasteiger partial charge in [0.15, 0.2) is 0 Å². The number of carbonyl (C=O) groups excluding carboxylic acids is 1. The lowest BCUT2D eigenvalue weighted by molar-refractivity contribution is -0.126. The molecule has 1 aromatic carbocycles. The molecule has 29 heavy (non-hydrogen) atoms. The first-order valence-corrected chi connectivity index (χ1v) is 11.3. The summed E-state index contributed by atoms with van der Waals surface area (Å²) in [5, 5.41) is 2.92. The van der Waals surface area contributed by atoms with Gasteiger partial charge in [0.25, 0.3) is 0 Å². The molecule has 10 heteroatoms. The monoisotopic (exact) mass is 429 g/mol. The average Bonchev–Trinajstić information content (AvgIpc) is 2.74. The van der Waals surface area contributed by atoms with Crippen LogP contribution in [0.2, 0.25) is 0 Å². The van der Waals surface area contributed by atoms with Gasteiger partial charge in [-0.05, 0) is 31.0 Å². The maximum absolute atomic E-state index is 13.7. The van der Waals surface area contributed by atoms with E-state index in [2.05, 4.69) is 10.2 Å². The Bertz CT molecular complexity index is 814. The smallest absolute Gasteiger partial charge is 0.246 e. The summed E-state index contributed by atoms with van der Waals surface area (Å²) >= 11 is 0. The largest absolute Gasteiger partial charge is 0.495 e. The van der Waals surface area contributed by atoms with Crippen molar-refractivity contribution in [2.24, 2.45) is 5.92 Å². The highest BCUT2D eigenvalue weighted by molar-refractivity contribution is 7.89. The van der Waals surface area contributed by atoms with Gasteiger partial charge in [-0.25, -0.2) is 12.8 Å². The van der Waals surface area contributed by atoms with E-state index in [9.17, 15) is 17.6 Å². The van der Waals surface area contributed by atoms with Crippen LogP contribution in [0, 0.1) is 11.7 Å². The third-order valence-electron chi connectivity index (χ3n) is 5.33. The number of halogens is 1. The predicted octanol–water partition coefficient (Wildman–Crippen LogP) is 0.683. The number of hydrogen-bond acceptors (Lipinski definition) is 6. The maximum atomic E-state index is 13.7. The van der Waals surface area contributed by atoms with Gasteiger partial charge in [0.2, 0.25) is 15.9 Å². The highest BCUT2D eigenvalue weighted by Crippen LogP contribution is 2.30. The van der Waals surface area contributed by atoms with Crippen LogP contribution >= 0.6 is 0 Å². The van der Waals surface area contributed by atoms with Crippen molar-refractivity contribution in [1.82, 2.24) is 14.5 Å². The number of sulfonamides is 1. The molecule has 8 nitrogen and oxygen atoms in total. The Morgan fingerprint density at radius 3 is 2.79 bits per heavy atom. The summed E-state index contributed by atoms with van der Waals surface area (Å²) in [7, 11) is -2.62. The number of morpholine rings is 1. The molecular weight excluding hydrogens is 401 g/mol. The normalized spacial score (nSPS) is 21.7. The fourth-order valence-corrected chi connectivity index (χ4v) is 5.36. The Hall–Kier alpha value is -1.75. The lowest BCUT2D eigenvalue weighted by Gasteiger charge is -2.32. The quantitative estimate of drug-likeness (QED) is 0.686. The van der Waals surface area contributed by atoms with Gasteiger partial charge in [-0.1, -0.05) is 0 Å². The molecule has 162 valence electrons. The van der Waals surface area contributed by atoms with Crippen molar-refractivity contribution in [1.29, 1.82) is 0 Å². The first-order valence-electron chi connectivity index (χ1n) is 9.83. The van der Waals surface area contributed by atoms with Crippen LogP contribution in [0.25, 0.3) is 0 Å². The number of hydrogen-bond donors (Lipinski definition) is 1. The number of nitrogens with zero attached hydrogens (tertiary/aromatic N) is 2. The number of rotatable bonds is 7. The van der Waals surface area contributed by atoms with Gasteiger partial charge < -0.3 is 14.8 Å². The summed E-state index contributed by atoms with van der Waals surface area (Å²) in [6.07, 6.45) is 1.19. The van der Waals surface area contributed by atoms with E-state index in [1.807, 2.05) is 0 Å². The molecule has 0 aromatic heterocycles. The summed E-state index contributed by atoms with van der Waals surface area (Å²) in [5.74, 6) is -1.14. The van der Waals surface area contributed by atoms with Crippen molar-refractivity contribution in [3.8, 4) is 5.75 Å². The van der Waals surface area contributed by atoms with Crippen LogP contribution in [-0.4, -0.2) is 83.1 Å². The standard InChI is InChI=1S/C19H28FN3O5S/c1-27-17-5-4-16(20)13-18(17)29(25,26)23-7-2-3-15(14-23)19(24)21-6-8-22-9-11-28-12-10-22/h4-5,13,15H,2-3,6-12,14H2,1H3,(H,21,24)/t15-/m0/s1. The zero-order valence-electron chi connectivity index (χ0n) is 16.6. The average molecular weight is 430 g/mol. The van der Waals surface area contributed by atoms with Crippen LogP contribution in [0.4, 0.5) is 4.39 Å². The summed E-state index contributed by atoms with van der Waals surface area (Å²) in [4.78, 5) is 14.6. The van der Waals surface area contributed by atoms with Crippen molar-refractivity contribution in [3.63, 3.8) is 0 Å². The van der Waals surface area contributed by atoms with E-state index < -0.39 is 21.8 Å². The zero-order chi connectivity index (χ0) is 20.9. The Kier molecular flexibility index (Phi) is 7.44. The molecular formula is C19H28FN3O5S. The number of nitrogens with one attached hydrogen (secondary N) is 1. The Morgan fingerprint density at radius 1 is 1.31 bits per heavy atom. The minimum Gasteiger partial charge on any atom is -0.495 e. The number of ether oxygens (including phenoxy) is 2. The molecule has 1 N–H and O–H groups in total. The molecule has 3 rings (SSSR count). The van der Waals surface area contributed by atoms with Crippen LogP contribution < -0.4 is 10.1 Å². The van der Waals surface area contributed by atoms with Gasteiger partial charge in [-0.2, -0.15) is 4.31 Å². The van der Waals surface area contributed by atoms with E-state index in [-0.39, 0.29) is 23.1 Å². The first-order chi connectivity index (χ1) is 13.9. The molecule has 1 atom stereocenters. The fraction of sp³-hybridized carbons (Fsp3) is 0.632. The van der Waals surface area contributed by atoms with Crippen LogP contribution in [0.5, 0.6) is 5.75 Å². The van der Waals surface area contributed by atoms with Crippen molar-refractivity contribution in [2.75, 3.05) is 59.6 Å². The minimum atomic E-state index is -3.97. The van der Waals surface area contributed by atoms with Gasteiger partial charge in [-0.3, -0.25) is 9.69 Å². The molecule has 2 aliphatic heterocycles. The summed E-state index contributed by atoms with van der Waals surface area (Å²) in [5.41, 5.74) is 0. The van der Waals surface area contributed by atoms with Crippen LogP contribution in [0.3, 0.4) is 0 Å². The molecule has 1 aromatic rings. The van der Waals surface area contributed by atoms with Gasteiger partial charge in [0.05, 0.1) is 26.2 Å². The number of benzene rings is 1. The molecule has 0 unspecified atom stereocenters. The Balaban J connectivity index is 1.60. The lowest BCUT2D eigenvalue weighted by atomic mass is 9.99. The van der Waals surface area contributed by atoms with Gasteiger partial charge in [-0.15, -0.1) is 0 Å². The number of amides is 1. The summed E-state index contributed by atoms with van der Waals surface area (Å²) in [6.45, 7) is 4.72. The minimum absolute atomic E-state index is 0.0748. The van der Waals surface area contributed by atoms with Crippen LogP contribution in [0.15, 0.2) is 23.1 Å². The van der Waals surface area contributed by atoms with Crippen LogP contribution in [0.1, 0.15) is 12.8 Å². The molecule has 1 amide bonds. The number of piperidine rings is 1. The first kappa shape index (κ1) is 21.9. The molecule has 0 saturated carbocycles. The van der Waals surface area contributed by atoms with E-state index in [1.165, 1.54) is 17.5 Å². The second kappa shape index (κ2) is 9.84. The molecule has 0 radical (unpaired) electrons. The maximum Gasteiger partial charge on any atom is 0.246 e. The molecule has 2 aliphatic rings. The SMILES string of the molecule is COc1ccc(F)cc1S(=O)(=O)N1CCC[C@H](C(=O)NCCN2CCOCC2)C1. The van der Waals surface area contributed by atoms with Gasteiger partial charge >= 0.3 is 0 Å². The molecule has 0 bridgehead atoms. The number of carbonyl (C=O) groups is 1. The number of methoxy groups -OCH3 is 1. The summed E-state index contributed by atoms with van der Waals surface area (Å²) < 4.78 is 51.4. The van der Waals surface area contributed by atoms with E-state index in [0.717, 1.165) is 31.8 Å². The Morgan fingerprint density at radius 2 is 2.07 bits per heavy atom. The van der Waals surface area contributed by atoms with Crippen molar-refractivity contribution >= 4 is 15.9 Å². The van der Waals surface area contributed by atoms with Crippen molar-refractivity contribution < 1.29 is 27.1 Å². The molecule has 2 saturated heterocycles. The van der Waals surface area contributed by atoms with Crippen molar-refractivity contribution in [2.45, 2.75) is 17.7 Å². The molecule has 2 fully saturated rings. The highest BCUT2D eigenvalue weighted by Gasteiger charge is 2.35. The Labute approximate surface area is 171 Å². The van der Waals surface area contributed by atoms with Crippen molar-refractivity contribution in [3.05, 3.63) is 24.0 Å². The van der Waals surface area contributed by atoms with E-state index in [0.29, 0.717) is 39.1 Å². The lowest BCUT2D eigenvalue weighted by Crippen LogP contribution is -2.47. The second-order valence-corrected chi connectivity index (χ2v) is 9.15. The predicted molar refractivity (Wildman–Crippen MR) is 105 cm³/mol. The zero-order valence-corrected chi connectivity index (χ0v) is 17.4. The van der Waals surface area contributed by atoms with E-state index in [4.69, 9.17) is 9.47 Å². The second-order valence-electron chi connectivity index (χ2n) is 7.24. The summed E-state index contributed by atoms with van der Waals surface area (Å²) in [6, 6.07) is 3.40. The van der Waals surface area contributed by atoms with E-state index in [1.54, 1.807) is 0 Å². The molecule has 0 aliphatic carbocycles. The van der Waals surface area contributed by atoms with Gasteiger partial charge in [0.1, 0.15) is 16.5 Å². The third kappa shape index (κ3) is 5.44. The third-order valence-corrected chi connectivity index (χ3v) is 7.22. The topological polar surface area (TPSA) is 88.2 Å². The molecule has 2 heterocycles. The van der Waals surface area contributed by atoms with Crippen LogP contribution in [-0.2, 0) is 19.6 Å². The fourth-order valence-electron chi connectivity index (χ4n) is 3.67. The van der Waals surface area contributed by atoms with E-state index >= 15 is 0 Å².